The zero-order valence-corrected chi connectivity index (χ0v) is 17.4. The number of hydrogen-bond acceptors (Lipinski definition) is 4. The molecule has 0 spiro atoms. The molecule has 1 aliphatic rings. The Morgan fingerprint density at radius 1 is 1.50 bits per heavy atom. The minimum absolute atomic E-state index is 0.0861. The van der Waals surface area contributed by atoms with E-state index in [-0.39, 0.29) is 12.1 Å². The fraction of sp³-hybridized carbons (Fsp3) is 0.684. The van der Waals surface area contributed by atoms with Crippen molar-refractivity contribution in [2.24, 2.45) is 4.99 Å². The molecular formula is C19H32N4O2S. The summed E-state index contributed by atoms with van der Waals surface area (Å²) in [6, 6.07) is 2.25. The number of thiophene rings is 1. The molecule has 1 aliphatic heterocycles. The molecule has 1 aromatic heterocycles. The van der Waals surface area contributed by atoms with Gasteiger partial charge in [0, 0.05) is 32.1 Å². The molecule has 2 unspecified atom stereocenters. The molecule has 2 rings (SSSR count). The van der Waals surface area contributed by atoms with Crippen molar-refractivity contribution >= 4 is 23.4 Å². The third-order valence-corrected chi connectivity index (χ3v) is 4.87. The third-order valence-electron chi connectivity index (χ3n) is 4.17. The molecule has 1 amide bonds. The zero-order chi connectivity index (χ0) is 19.2. The van der Waals surface area contributed by atoms with Crippen LogP contribution in [0, 0.1) is 0 Å². The van der Waals surface area contributed by atoms with Crippen molar-refractivity contribution in [3.63, 3.8) is 0 Å². The van der Waals surface area contributed by atoms with E-state index in [1.165, 1.54) is 5.56 Å². The quantitative estimate of drug-likeness (QED) is 0.607. The molecule has 0 saturated carbocycles. The Labute approximate surface area is 161 Å². The number of carbonyl (C=O) groups is 1. The molecule has 0 bridgehead atoms. The lowest BCUT2D eigenvalue weighted by Crippen LogP contribution is -2.44. The Morgan fingerprint density at radius 2 is 2.27 bits per heavy atom. The Balaban J connectivity index is 1.90. The first-order valence-corrected chi connectivity index (χ1v) is 10.3. The van der Waals surface area contributed by atoms with Crippen LogP contribution in [-0.2, 0) is 4.74 Å². The van der Waals surface area contributed by atoms with Crippen molar-refractivity contribution in [3.05, 3.63) is 22.4 Å². The van der Waals surface area contributed by atoms with Gasteiger partial charge in [-0.1, -0.05) is 6.92 Å². The van der Waals surface area contributed by atoms with E-state index in [0.29, 0.717) is 5.92 Å². The zero-order valence-electron chi connectivity index (χ0n) is 16.5. The van der Waals surface area contributed by atoms with Crippen LogP contribution in [0.2, 0.25) is 0 Å². The first-order valence-electron chi connectivity index (χ1n) is 9.33. The maximum Gasteiger partial charge on any atom is 0.407 e. The van der Waals surface area contributed by atoms with Crippen molar-refractivity contribution in [2.75, 3.05) is 26.2 Å². The van der Waals surface area contributed by atoms with Crippen LogP contribution in [0.25, 0.3) is 0 Å². The summed E-state index contributed by atoms with van der Waals surface area (Å²) < 4.78 is 5.35. The summed E-state index contributed by atoms with van der Waals surface area (Å²) in [5.41, 5.74) is 0.858. The molecule has 0 radical (unpaired) electrons. The number of likely N-dealkylation sites (tertiary alicyclic amines) is 1. The predicted molar refractivity (Wildman–Crippen MR) is 108 cm³/mol. The highest BCUT2D eigenvalue weighted by atomic mass is 32.1. The van der Waals surface area contributed by atoms with Crippen LogP contribution in [-0.4, -0.2) is 54.8 Å². The number of guanidine groups is 1. The van der Waals surface area contributed by atoms with Crippen molar-refractivity contribution in [1.29, 1.82) is 0 Å². The number of nitrogens with zero attached hydrogens (tertiary/aromatic N) is 2. The minimum Gasteiger partial charge on any atom is -0.444 e. The van der Waals surface area contributed by atoms with Crippen LogP contribution >= 0.6 is 11.3 Å². The maximum atomic E-state index is 12.0. The van der Waals surface area contributed by atoms with Gasteiger partial charge in [0.25, 0.3) is 0 Å². The molecule has 7 heteroatoms. The lowest BCUT2D eigenvalue weighted by molar-refractivity contribution is 0.0507. The molecule has 6 nitrogen and oxygen atoms in total. The number of amides is 1. The van der Waals surface area contributed by atoms with Gasteiger partial charge in [-0.15, -0.1) is 0 Å². The highest BCUT2D eigenvalue weighted by Crippen LogP contribution is 2.19. The molecule has 1 saturated heterocycles. The second kappa shape index (κ2) is 9.26. The Bertz CT molecular complexity index is 595. The van der Waals surface area contributed by atoms with Gasteiger partial charge in [-0.2, -0.15) is 11.3 Å². The average molecular weight is 381 g/mol. The molecule has 146 valence electrons. The summed E-state index contributed by atoms with van der Waals surface area (Å²) in [6.45, 7) is 13.1. The van der Waals surface area contributed by atoms with Crippen LogP contribution in [0.3, 0.4) is 0 Å². The lowest BCUT2D eigenvalue weighted by atomic mass is 10.1. The largest absolute Gasteiger partial charge is 0.444 e. The average Bonchev–Trinajstić information content (AvgIpc) is 3.20. The molecule has 1 aromatic rings. The second-order valence-electron chi connectivity index (χ2n) is 7.73. The normalized spacial score (nSPS) is 19.3. The molecule has 0 aliphatic carbocycles. The van der Waals surface area contributed by atoms with Crippen molar-refractivity contribution in [2.45, 2.75) is 58.6 Å². The molecule has 2 heterocycles. The highest BCUT2D eigenvalue weighted by molar-refractivity contribution is 7.07. The number of ether oxygens (including phenoxy) is 1. The number of alkyl carbamates (subject to hydrolysis) is 1. The van der Waals surface area contributed by atoms with Gasteiger partial charge in [-0.05, 0) is 56.5 Å². The van der Waals surface area contributed by atoms with Crippen molar-refractivity contribution < 1.29 is 9.53 Å². The van der Waals surface area contributed by atoms with Crippen LogP contribution in [0.4, 0.5) is 4.79 Å². The second-order valence-corrected chi connectivity index (χ2v) is 8.51. The van der Waals surface area contributed by atoms with Gasteiger partial charge in [-0.25, -0.2) is 4.79 Å². The smallest absolute Gasteiger partial charge is 0.407 e. The Hall–Kier alpha value is -1.76. The minimum atomic E-state index is -0.476. The van der Waals surface area contributed by atoms with Crippen LogP contribution in [0.5, 0.6) is 0 Å². The fourth-order valence-corrected chi connectivity index (χ4v) is 3.64. The van der Waals surface area contributed by atoms with Crippen molar-refractivity contribution in [1.82, 2.24) is 15.5 Å². The van der Waals surface area contributed by atoms with E-state index < -0.39 is 5.60 Å². The SMILES string of the molecule is CCNC(=NCC(C)c1ccsc1)N1CCC(NC(=O)OC(C)(C)C)C1. The van der Waals surface area contributed by atoms with Gasteiger partial charge < -0.3 is 20.3 Å². The van der Waals surface area contributed by atoms with E-state index in [1.807, 2.05) is 20.8 Å². The lowest BCUT2D eigenvalue weighted by Gasteiger charge is -2.23. The number of aliphatic imine (C=N–C) groups is 1. The van der Waals surface area contributed by atoms with E-state index >= 15 is 0 Å². The first kappa shape index (κ1) is 20.6. The summed E-state index contributed by atoms with van der Waals surface area (Å²) in [6.07, 6.45) is 0.543. The summed E-state index contributed by atoms with van der Waals surface area (Å²) in [5, 5.41) is 10.6. The summed E-state index contributed by atoms with van der Waals surface area (Å²) in [4.78, 5) is 19.0. The van der Waals surface area contributed by atoms with Crippen LogP contribution in [0.1, 0.15) is 52.5 Å². The summed E-state index contributed by atoms with van der Waals surface area (Å²) >= 11 is 1.72. The van der Waals surface area contributed by atoms with Crippen LogP contribution in [0.15, 0.2) is 21.8 Å². The molecule has 1 fully saturated rings. The summed E-state index contributed by atoms with van der Waals surface area (Å²) in [7, 11) is 0. The predicted octanol–water partition coefficient (Wildman–Crippen LogP) is 3.42. The van der Waals surface area contributed by atoms with E-state index in [0.717, 1.165) is 38.6 Å². The topological polar surface area (TPSA) is 66.0 Å². The maximum absolute atomic E-state index is 12.0. The number of hydrogen-bond donors (Lipinski definition) is 2. The van der Waals surface area contributed by atoms with Gasteiger partial charge in [0.15, 0.2) is 5.96 Å². The van der Waals surface area contributed by atoms with Gasteiger partial charge in [-0.3, -0.25) is 4.99 Å². The van der Waals surface area contributed by atoms with E-state index in [9.17, 15) is 4.79 Å². The van der Waals surface area contributed by atoms with E-state index in [4.69, 9.17) is 9.73 Å². The molecule has 2 atom stereocenters. The fourth-order valence-electron chi connectivity index (χ4n) is 2.85. The monoisotopic (exact) mass is 380 g/mol. The Kier molecular flexibility index (Phi) is 7.32. The molecule has 2 N–H and O–H groups in total. The molecule has 26 heavy (non-hydrogen) atoms. The van der Waals surface area contributed by atoms with Crippen LogP contribution < -0.4 is 10.6 Å². The third kappa shape index (κ3) is 6.52. The Morgan fingerprint density at radius 3 is 2.88 bits per heavy atom. The van der Waals surface area contributed by atoms with Gasteiger partial charge >= 0.3 is 6.09 Å². The van der Waals surface area contributed by atoms with Gasteiger partial charge in [0.2, 0.25) is 0 Å². The number of carbonyl (C=O) groups excluding carboxylic acids is 1. The highest BCUT2D eigenvalue weighted by Gasteiger charge is 2.27. The van der Waals surface area contributed by atoms with E-state index in [1.54, 1.807) is 11.3 Å². The van der Waals surface area contributed by atoms with E-state index in [2.05, 4.69) is 46.2 Å². The molecule has 0 aromatic carbocycles. The molecular weight excluding hydrogens is 348 g/mol. The number of rotatable bonds is 5. The summed E-state index contributed by atoms with van der Waals surface area (Å²) in [5.74, 6) is 1.32. The van der Waals surface area contributed by atoms with Gasteiger partial charge in [0.1, 0.15) is 5.60 Å². The number of nitrogens with one attached hydrogen (secondary N) is 2. The first-order chi connectivity index (χ1) is 12.3. The van der Waals surface area contributed by atoms with Crippen molar-refractivity contribution in [3.8, 4) is 0 Å². The van der Waals surface area contributed by atoms with Gasteiger partial charge in [0.05, 0.1) is 6.04 Å². The standard InChI is InChI=1S/C19H32N4O2S/c1-6-20-17(21-11-14(2)15-8-10-26-13-15)23-9-7-16(12-23)22-18(24)25-19(3,4)5/h8,10,13-14,16H,6-7,9,11-12H2,1-5H3,(H,20,21)(H,22,24).